The highest BCUT2D eigenvalue weighted by molar-refractivity contribution is 7.03. The summed E-state index contributed by atoms with van der Waals surface area (Å²) in [6, 6.07) is 0.658. The van der Waals surface area contributed by atoms with Crippen LogP contribution in [0, 0.1) is 0 Å². The molecule has 0 spiro atoms. The highest BCUT2D eigenvalue weighted by atomic mass is 35.5. The molecule has 4 nitrogen and oxygen atoms in total. The van der Waals surface area contributed by atoms with E-state index in [0.29, 0.717) is 6.04 Å². The van der Waals surface area contributed by atoms with Crippen LogP contribution < -0.4 is 5.73 Å². The molecular formula is C10H19ClN4S. The van der Waals surface area contributed by atoms with Crippen molar-refractivity contribution < 1.29 is 0 Å². The summed E-state index contributed by atoms with van der Waals surface area (Å²) in [4.78, 5) is 2.51. The van der Waals surface area contributed by atoms with E-state index < -0.39 is 0 Å². The van der Waals surface area contributed by atoms with Crippen molar-refractivity contribution in [1.29, 1.82) is 0 Å². The number of hydrogen-bond acceptors (Lipinski definition) is 5. The van der Waals surface area contributed by atoms with Crippen LogP contribution in [-0.4, -0.2) is 33.6 Å². The van der Waals surface area contributed by atoms with E-state index in [1.807, 2.05) is 5.38 Å². The quantitative estimate of drug-likeness (QED) is 0.897. The van der Waals surface area contributed by atoms with E-state index >= 15 is 0 Å². The third kappa shape index (κ3) is 3.66. The Hall–Kier alpha value is -0.230. The zero-order valence-electron chi connectivity index (χ0n) is 9.34. The fourth-order valence-corrected chi connectivity index (χ4v) is 2.69. The second-order valence-electron chi connectivity index (χ2n) is 4.09. The standard InChI is InChI=1S/C10H18N4S.ClH/c11-5-4-10-3-1-2-6-14(10)7-9-8-15-13-12-9;/h8,10H,1-7,11H2;1H. The third-order valence-corrected chi connectivity index (χ3v) is 3.57. The predicted molar refractivity (Wildman–Crippen MR) is 68.9 cm³/mol. The Morgan fingerprint density at radius 3 is 3.06 bits per heavy atom. The van der Waals surface area contributed by atoms with Gasteiger partial charge in [-0.2, -0.15) is 0 Å². The van der Waals surface area contributed by atoms with E-state index in [-0.39, 0.29) is 12.4 Å². The van der Waals surface area contributed by atoms with E-state index in [9.17, 15) is 0 Å². The zero-order chi connectivity index (χ0) is 10.5. The molecule has 0 amide bonds. The van der Waals surface area contributed by atoms with Gasteiger partial charge in [0, 0.05) is 18.0 Å². The van der Waals surface area contributed by atoms with Crippen LogP contribution in [0.15, 0.2) is 5.38 Å². The Balaban J connectivity index is 0.00000128. The van der Waals surface area contributed by atoms with E-state index in [1.165, 1.54) is 37.3 Å². The number of likely N-dealkylation sites (tertiary alicyclic amines) is 1. The average Bonchev–Trinajstić information content (AvgIpc) is 2.74. The van der Waals surface area contributed by atoms with Crippen LogP contribution in [0.3, 0.4) is 0 Å². The van der Waals surface area contributed by atoms with Crippen LogP contribution in [0.1, 0.15) is 31.4 Å². The van der Waals surface area contributed by atoms with E-state index in [2.05, 4.69) is 14.5 Å². The van der Waals surface area contributed by atoms with Crippen LogP contribution in [0.25, 0.3) is 0 Å². The summed E-state index contributed by atoms with van der Waals surface area (Å²) in [5, 5.41) is 6.14. The Morgan fingerprint density at radius 2 is 2.38 bits per heavy atom. The van der Waals surface area contributed by atoms with Gasteiger partial charge in [0.15, 0.2) is 0 Å². The van der Waals surface area contributed by atoms with Gasteiger partial charge >= 0.3 is 0 Å². The molecule has 1 fully saturated rings. The van der Waals surface area contributed by atoms with Crippen molar-refractivity contribution in [3.63, 3.8) is 0 Å². The zero-order valence-corrected chi connectivity index (χ0v) is 11.0. The molecule has 6 heteroatoms. The smallest absolute Gasteiger partial charge is 0.0895 e. The molecule has 16 heavy (non-hydrogen) atoms. The molecule has 1 aromatic rings. The first-order valence-electron chi connectivity index (χ1n) is 5.60. The van der Waals surface area contributed by atoms with Crippen molar-refractivity contribution >= 4 is 23.9 Å². The fourth-order valence-electron chi connectivity index (χ4n) is 2.25. The van der Waals surface area contributed by atoms with Crippen molar-refractivity contribution in [3.8, 4) is 0 Å². The molecule has 1 aliphatic rings. The summed E-state index contributed by atoms with van der Waals surface area (Å²) in [7, 11) is 0. The first-order chi connectivity index (χ1) is 7.40. The van der Waals surface area contributed by atoms with Gasteiger partial charge in [-0.05, 0) is 43.9 Å². The molecular weight excluding hydrogens is 244 g/mol. The summed E-state index contributed by atoms with van der Waals surface area (Å²) < 4.78 is 3.90. The molecule has 92 valence electrons. The molecule has 2 N–H and O–H groups in total. The number of aromatic nitrogens is 2. The van der Waals surface area contributed by atoms with Gasteiger partial charge in [-0.3, -0.25) is 4.90 Å². The number of nitrogens with zero attached hydrogens (tertiary/aromatic N) is 3. The molecule has 1 saturated heterocycles. The lowest BCUT2D eigenvalue weighted by molar-refractivity contribution is 0.132. The average molecular weight is 263 g/mol. The first kappa shape index (κ1) is 13.8. The maximum atomic E-state index is 5.64. The number of rotatable bonds is 4. The Kier molecular flexibility index (Phi) is 6.20. The Bertz CT molecular complexity index is 278. The Morgan fingerprint density at radius 1 is 1.50 bits per heavy atom. The fraction of sp³-hybridized carbons (Fsp3) is 0.800. The molecule has 2 rings (SSSR count). The van der Waals surface area contributed by atoms with Gasteiger partial charge in [0.2, 0.25) is 0 Å². The summed E-state index contributed by atoms with van der Waals surface area (Å²) in [5.41, 5.74) is 6.74. The lowest BCUT2D eigenvalue weighted by atomic mass is 9.99. The highest BCUT2D eigenvalue weighted by Gasteiger charge is 2.22. The highest BCUT2D eigenvalue weighted by Crippen LogP contribution is 2.21. The molecule has 1 atom stereocenters. The molecule has 0 aromatic carbocycles. The molecule has 0 bridgehead atoms. The minimum absolute atomic E-state index is 0. The minimum atomic E-state index is 0. The number of nitrogens with two attached hydrogens (primary N) is 1. The topological polar surface area (TPSA) is 55.0 Å². The monoisotopic (exact) mass is 262 g/mol. The second-order valence-corrected chi connectivity index (χ2v) is 4.70. The molecule has 0 radical (unpaired) electrons. The van der Waals surface area contributed by atoms with Crippen molar-refractivity contribution in [2.24, 2.45) is 5.73 Å². The number of hydrogen-bond donors (Lipinski definition) is 1. The lowest BCUT2D eigenvalue weighted by Gasteiger charge is -2.35. The molecule has 2 heterocycles. The van der Waals surface area contributed by atoms with E-state index in [0.717, 1.165) is 25.2 Å². The van der Waals surface area contributed by atoms with Gasteiger partial charge in [0.1, 0.15) is 0 Å². The van der Waals surface area contributed by atoms with Gasteiger partial charge in [-0.1, -0.05) is 10.9 Å². The maximum absolute atomic E-state index is 5.64. The normalized spacial score (nSPS) is 21.7. The summed E-state index contributed by atoms with van der Waals surface area (Å²) >= 11 is 1.43. The molecule has 0 saturated carbocycles. The summed E-state index contributed by atoms with van der Waals surface area (Å²) in [6.07, 6.45) is 5.04. The SMILES string of the molecule is Cl.NCCC1CCCCN1Cc1csnn1. The van der Waals surface area contributed by atoms with Gasteiger partial charge in [0.25, 0.3) is 0 Å². The van der Waals surface area contributed by atoms with Crippen molar-refractivity contribution in [3.05, 3.63) is 11.1 Å². The third-order valence-electron chi connectivity index (χ3n) is 3.02. The van der Waals surface area contributed by atoms with Crippen molar-refractivity contribution in [2.45, 2.75) is 38.3 Å². The van der Waals surface area contributed by atoms with Crippen molar-refractivity contribution in [1.82, 2.24) is 14.5 Å². The summed E-state index contributed by atoms with van der Waals surface area (Å²) in [5.74, 6) is 0. The lowest BCUT2D eigenvalue weighted by Crippen LogP contribution is -2.40. The van der Waals surface area contributed by atoms with E-state index in [4.69, 9.17) is 5.73 Å². The number of halogens is 1. The molecule has 1 aromatic heterocycles. The second kappa shape index (κ2) is 7.17. The van der Waals surface area contributed by atoms with Gasteiger partial charge < -0.3 is 5.73 Å². The van der Waals surface area contributed by atoms with Gasteiger partial charge in [-0.15, -0.1) is 17.5 Å². The Labute approximate surface area is 107 Å². The maximum Gasteiger partial charge on any atom is 0.0895 e. The molecule has 1 aliphatic heterocycles. The van der Waals surface area contributed by atoms with Crippen LogP contribution in [0.4, 0.5) is 0 Å². The van der Waals surface area contributed by atoms with Crippen LogP contribution in [-0.2, 0) is 6.54 Å². The van der Waals surface area contributed by atoms with E-state index in [1.54, 1.807) is 0 Å². The molecule has 0 aliphatic carbocycles. The van der Waals surface area contributed by atoms with Gasteiger partial charge in [-0.25, -0.2) is 0 Å². The largest absolute Gasteiger partial charge is 0.330 e. The van der Waals surface area contributed by atoms with Crippen molar-refractivity contribution in [2.75, 3.05) is 13.1 Å². The van der Waals surface area contributed by atoms with Crippen LogP contribution in [0.5, 0.6) is 0 Å². The predicted octanol–water partition coefficient (Wildman–Crippen LogP) is 1.66. The van der Waals surface area contributed by atoms with Crippen LogP contribution >= 0.6 is 23.9 Å². The van der Waals surface area contributed by atoms with Gasteiger partial charge in [0.05, 0.1) is 5.69 Å². The summed E-state index contributed by atoms with van der Waals surface area (Å²) in [6.45, 7) is 2.92. The number of piperidine rings is 1. The molecule has 1 unspecified atom stereocenters. The minimum Gasteiger partial charge on any atom is -0.330 e. The van der Waals surface area contributed by atoms with Crippen LogP contribution in [0.2, 0.25) is 0 Å². The first-order valence-corrected chi connectivity index (χ1v) is 6.44.